The molecule has 0 aliphatic carbocycles. The maximum atomic E-state index is 13.0. The molecule has 0 bridgehead atoms. The zero-order valence-corrected chi connectivity index (χ0v) is 18.9. The van der Waals surface area contributed by atoms with Crippen molar-refractivity contribution in [3.05, 3.63) is 71.8 Å². The van der Waals surface area contributed by atoms with Gasteiger partial charge >= 0.3 is 0 Å². The lowest BCUT2D eigenvalue weighted by Crippen LogP contribution is -2.52. The molecule has 2 amide bonds. The molecule has 0 radical (unpaired) electrons. The van der Waals surface area contributed by atoms with Gasteiger partial charge in [-0.05, 0) is 24.1 Å². The number of carbonyl (C=O) groups excluding carboxylic acids is 2. The van der Waals surface area contributed by atoms with Gasteiger partial charge in [0.1, 0.15) is 0 Å². The fourth-order valence-corrected chi connectivity index (χ4v) is 4.60. The van der Waals surface area contributed by atoms with Crippen LogP contribution in [-0.2, 0) is 14.3 Å². The van der Waals surface area contributed by atoms with E-state index in [-0.39, 0.29) is 24.3 Å². The molecule has 2 aromatic carbocycles. The quantitative estimate of drug-likeness (QED) is 0.612. The molecule has 7 heteroatoms. The first-order chi connectivity index (χ1) is 16.2. The van der Waals surface area contributed by atoms with E-state index in [2.05, 4.69) is 15.5 Å². The van der Waals surface area contributed by atoms with Crippen molar-refractivity contribution in [3.63, 3.8) is 0 Å². The molecule has 2 aliphatic heterocycles. The maximum absolute atomic E-state index is 13.0. The third-order valence-electron chi connectivity index (χ3n) is 6.46. The van der Waals surface area contributed by atoms with Crippen LogP contribution in [0.5, 0.6) is 0 Å². The van der Waals surface area contributed by atoms with Gasteiger partial charge in [0.2, 0.25) is 5.91 Å². The SMILES string of the molecule is O=C(C[C@H](NC(=O)c1ccccc1)c1ccccc1)NC[C@H]([C@@H]1CCOC1)N1CCOCC1. The first kappa shape index (κ1) is 23.4. The molecule has 0 unspecified atom stereocenters. The Bertz CT molecular complexity index is 881. The molecule has 7 nitrogen and oxygen atoms in total. The summed E-state index contributed by atoms with van der Waals surface area (Å²) in [5.41, 5.74) is 1.48. The molecule has 2 heterocycles. The van der Waals surface area contributed by atoms with Crippen LogP contribution < -0.4 is 10.6 Å². The lowest BCUT2D eigenvalue weighted by Gasteiger charge is -2.37. The number of ether oxygens (including phenoxy) is 2. The highest BCUT2D eigenvalue weighted by atomic mass is 16.5. The number of nitrogens with one attached hydrogen (secondary N) is 2. The van der Waals surface area contributed by atoms with E-state index in [0.717, 1.165) is 51.5 Å². The number of amides is 2. The standard InChI is InChI=1S/C26H33N3O4/c30-25(27-18-24(22-11-14-33-19-22)29-12-15-32-16-13-29)17-23(20-7-3-1-4-8-20)28-26(31)21-9-5-2-6-10-21/h1-10,22-24H,11-19H2,(H,27,30)(H,28,31)/t22-,23+,24-/m1/s1. The van der Waals surface area contributed by atoms with Gasteiger partial charge in [0.05, 0.1) is 32.3 Å². The number of hydrogen-bond donors (Lipinski definition) is 2. The lowest BCUT2D eigenvalue weighted by molar-refractivity contribution is -0.122. The van der Waals surface area contributed by atoms with Crippen molar-refractivity contribution in [2.75, 3.05) is 46.1 Å². The second-order valence-corrected chi connectivity index (χ2v) is 8.65. The van der Waals surface area contributed by atoms with Crippen LogP contribution >= 0.6 is 0 Å². The van der Waals surface area contributed by atoms with Crippen molar-refractivity contribution >= 4 is 11.8 Å². The Morgan fingerprint density at radius 2 is 1.64 bits per heavy atom. The highest BCUT2D eigenvalue weighted by Gasteiger charge is 2.32. The Balaban J connectivity index is 1.39. The summed E-state index contributed by atoms with van der Waals surface area (Å²) in [5, 5.41) is 6.18. The van der Waals surface area contributed by atoms with Gasteiger partial charge in [-0.1, -0.05) is 48.5 Å². The van der Waals surface area contributed by atoms with E-state index in [9.17, 15) is 9.59 Å². The molecule has 2 fully saturated rings. The van der Waals surface area contributed by atoms with Crippen LogP contribution in [0, 0.1) is 5.92 Å². The zero-order chi connectivity index (χ0) is 22.9. The molecule has 2 N–H and O–H groups in total. The monoisotopic (exact) mass is 451 g/mol. The average molecular weight is 452 g/mol. The van der Waals surface area contributed by atoms with Crippen LogP contribution in [0.2, 0.25) is 0 Å². The van der Waals surface area contributed by atoms with Crippen molar-refractivity contribution in [1.29, 1.82) is 0 Å². The second kappa shape index (κ2) is 11.9. The van der Waals surface area contributed by atoms with E-state index < -0.39 is 6.04 Å². The Morgan fingerprint density at radius 1 is 0.939 bits per heavy atom. The van der Waals surface area contributed by atoms with E-state index in [4.69, 9.17) is 9.47 Å². The Labute approximate surface area is 195 Å². The smallest absolute Gasteiger partial charge is 0.251 e. The predicted octanol–water partition coefficient (Wildman–Crippen LogP) is 2.40. The van der Waals surface area contributed by atoms with E-state index in [1.54, 1.807) is 12.1 Å². The van der Waals surface area contributed by atoms with E-state index >= 15 is 0 Å². The summed E-state index contributed by atoms with van der Waals surface area (Å²) in [4.78, 5) is 28.2. The molecule has 176 valence electrons. The van der Waals surface area contributed by atoms with Gasteiger partial charge in [0, 0.05) is 43.8 Å². The molecular formula is C26H33N3O4. The van der Waals surface area contributed by atoms with Gasteiger partial charge in [-0.15, -0.1) is 0 Å². The number of nitrogens with zero attached hydrogens (tertiary/aromatic N) is 1. The van der Waals surface area contributed by atoms with Crippen molar-refractivity contribution in [3.8, 4) is 0 Å². The lowest BCUT2D eigenvalue weighted by atomic mass is 9.96. The second-order valence-electron chi connectivity index (χ2n) is 8.65. The van der Waals surface area contributed by atoms with Gasteiger partial charge in [-0.25, -0.2) is 0 Å². The van der Waals surface area contributed by atoms with Crippen LogP contribution in [0.15, 0.2) is 60.7 Å². The van der Waals surface area contributed by atoms with Crippen LogP contribution in [0.25, 0.3) is 0 Å². The number of hydrogen-bond acceptors (Lipinski definition) is 5. The summed E-state index contributed by atoms with van der Waals surface area (Å²) < 4.78 is 11.1. The summed E-state index contributed by atoms with van der Waals surface area (Å²) in [5.74, 6) is 0.145. The Hall–Kier alpha value is -2.74. The number of carbonyl (C=O) groups is 2. The zero-order valence-electron chi connectivity index (χ0n) is 18.9. The van der Waals surface area contributed by atoms with E-state index in [1.807, 2.05) is 48.5 Å². The van der Waals surface area contributed by atoms with Gasteiger partial charge < -0.3 is 20.1 Å². The molecule has 0 spiro atoms. The van der Waals surface area contributed by atoms with Gasteiger partial charge in [0.15, 0.2) is 0 Å². The minimum atomic E-state index is -0.407. The first-order valence-corrected chi connectivity index (χ1v) is 11.8. The summed E-state index contributed by atoms with van der Waals surface area (Å²) in [7, 11) is 0. The van der Waals surface area contributed by atoms with Crippen LogP contribution in [-0.4, -0.2) is 68.8 Å². The molecule has 2 aliphatic rings. The molecule has 2 aromatic rings. The number of rotatable bonds is 9. The average Bonchev–Trinajstić information content (AvgIpc) is 3.40. The molecule has 0 saturated carbocycles. The fraction of sp³-hybridized carbons (Fsp3) is 0.462. The first-order valence-electron chi connectivity index (χ1n) is 11.8. The van der Waals surface area contributed by atoms with E-state index in [0.29, 0.717) is 18.0 Å². The van der Waals surface area contributed by atoms with E-state index in [1.165, 1.54) is 0 Å². The van der Waals surface area contributed by atoms with Crippen LogP contribution in [0.1, 0.15) is 34.8 Å². The van der Waals surface area contributed by atoms with Crippen LogP contribution in [0.3, 0.4) is 0 Å². The maximum Gasteiger partial charge on any atom is 0.251 e. The van der Waals surface area contributed by atoms with Crippen molar-refractivity contribution in [2.45, 2.75) is 24.9 Å². The molecular weight excluding hydrogens is 418 g/mol. The normalized spacial score (nSPS) is 20.7. The van der Waals surface area contributed by atoms with Gasteiger partial charge in [0.25, 0.3) is 5.91 Å². The fourth-order valence-electron chi connectivity index (χ4n) is 4.60. The third-order valence-corrected chi connectivity index (χ3v) is 6.46. The summed E-state index contributed by atoms with van der Waals surface area (Å²) in [6.45, 7) is 5.27. The number of morpholine rings is 1. The molecule has 33 heavy (non-hydrogen) atoms. The summed E-state index contributed by atoms with van der Waals surface area (Å²) in [6, 6.07) is 18.6. The highest BCUT2D eigenvalue weighted by molar-refractivity contribution is 5.94. The Kier molecular flexibility index (Phi) is 8.47. The number of benzene rings is 2. The molecule has 0 aromatic heterocycles. The third kappa shape index (κ3) is 6.63. The predicted molar refractivity (Wildman–Crippen MR) is 126 cm³/mol. The summed E-state index contributed by atoms with van der Waals surface area (Å²) in [6.07, 6.45) is 1.19. The molecule has 4 rings (SSSR count). The molecule has 2 saturated heterocycles. The van der Waals surface area contributed by atoms with Crippen molar-refractivity contribution in [2.24, 2.45) is 5.92 Å². The largest absolute Gasteiger partial charge is 0.381 e. The topological polar surface area (TPSA) is 79.9 Å². The van der Waals surface area contributed by atoms with Gasteiger partial charge in [-0.3, -0.25) is 14.5 Å². The minimum Gasteiger partial charge on any atom is -0.381 e. The minimum absolute atomic E-state index is 0.0746. The molecule has 3 atom stereocenters. The van der Waals surface area contributed by atoms with Gasteiger partial charge in [-0.2, -0.15) is 0 Å². The van der Waals surface area contributed by atoms with Crippen molar-refractivity contribution < 1.29 is 19.1 Å². The van der Waals surface area contributed by atoms with Crippen molar-refractivity contribution in [1.82, 2.24) is 15.5 Å². The highest BCUT2D eigenvalue weighted by Crippen LogP contribution is 2.22. The summed E-state index contributed by atoms with van der Waals surface area (Å²) >= 11 is 0. The Morgan fingerprint density at radius 3 is 2.30 bits per heavy atom. The van der Waals surface area contributed by atoms with Crippen LogP contribution in [0.4, 0.5) is 0 Å².